The molecule has 0 aromatic heterocycles. The molecule has 26 heavy (non-hydrogen) atoms. The quantitative estimate of drug-likeness (QED) is 0.263. The molecule has 2 N–H and O–H groups in total. The number of carbonyl (C=O) groups excluding carboxylic acids is 1. The van der Waals surface area contributed by atoms with Gasteiger partial charge in [0.1, 0.15) is 11.4 Å². The van der Waals surface area contributed by atoms with Crippen LogP contribution in [0.5, 0.6) is 5.75 Å². The number of methoxy groups -OCH3 is 1. The van der Waals surface area contributed by atoms with Gasteiger partial charge in [-0.2, -0.15) is 0 Å². The summed E-state index contributed by atoms with van der Waals surface area (Å²) in [6, 6.07) is 7.81. The molecule has 0 fully saturated rings. The minimum atomic E-state index is -0.975. The van der Waals surface area contributed by atoms with Crippen LogP contribution in [0.4, 0.5) is 4.79 Å². The molecule has 0 spiro atoms. The third-order valence-corrected chi connectivity index (χ3v) is 3.40. The van der Waals surface area contributed by atoms with E-state index in [1.165, 1.54) is 11.9 Å². The molecule has 145 valence electrons. The van der Waals surface area contributed by atoms with E-state index in [4.69, 9.17) is 27.2 Å². The zero-order valence-electron chi connectivity index (χ0n) is 15.4. The maximum atomic E-state index is 9.90. The van der Waals surface area contributed by atoms with E-state index in [1.807, 2.05) is 28.6 Å². The van der Waals surface area contributed by atoms with Crippen LogP contribution in [0.25, 0.3) is 5.73 Å². The molecular weight excluding hydrogens is 641 g/mol. The molecule has 1 aromatic rings. The van der Waals surface area contributed by atoms with E-state index in [9.17, 15) is 4.79 Å². The van der Waals surface area contributed by atoms with Gasteiger partial charge in [0, 0.05) is 25.1 Å². The number of rotatable bonds is 7. The molecule has 0 bridgehead atoms. The summed E-state index contributed by atoms with van der Waals surface area (Å²) in [5, 5.41) is 9.31. The molecule has 1 amide bonds. The first-order valence-electron chi connectivity index (χ1n) is 7.19. The van der Waals surface area contributed by atoms with Crippen molar-refractivity contribution in [2.24, 2.45) is 0 Å². The number of amides is 1. The third-order valence-electron chi connectivity index (χ3n) is 2.40. The van der Waals surface area contributed by atoms with Crippen molar-refractivity contribution in [1.82, 2.24) is 4.31 Å². The Morgan fingerprint density at radius 3 is 2.19 bits per heavy atom. The fraction of sp³-hybridized carbons (Fsp3) is 0.500. The molecule has 1 radical (unpaired) electrons. The van der Waals surface area contributed by atoms with E-state index in [1.54, 1.807) is 34.4 Å². The SMILES string of the molecule is CC(C)(C)OC([NH-])=O.COc1ccc(CN([CH-]CO)SCCl)cc1.[U+2].[V]. The molecule has 0 aliphatic heterocycles. The van der Waals surface area contributed by atoms with Gasteiger partial charge in [-0.15, -0.1) is 11.6 Å². The van der Waals surface area contributed by atoms with Crippen LogP contribution in [0, 0.1) is 37.7 Å². The van der Waals surface area contributed by atoms with Crippen LogP contribution in [-0.4, -0.2) is 40.0 Å². The van der Waals surface area contributed by atoms with Crippen LogP contribution < -0.4 is 4.74 Å². The maximum absolute atomic E-state index is 9.90. The first-order chi connectivity index (χ1) is 11.2. The number of carbonyl (C=O) groups is 1. The third kappa shape index (κ3) is 17.9. The van der Waals surface area contributed by atoms with Gasteiger partial charge in [0.05, 0.1) is 12.3 Å². The number of aliphatic hydroxyl groups excluding tert-OH is 1. The van der Waals surface area contributed by atoms with Gasteiger partial charge in [-0.3, -0.25) is 4.79 Å². The molecule has 0 atom stereocenters. The number of alkyl halides is 1. The van der Waals surface area contributed by atoms with E-state index in [0.717, 1.165) is 11.3 Å². The normalized spacial score (nSPS) is 9.96. The Labute approximate surface area is 201 Å². The number of benzene rings is 1. The van der Waals surface area contributed by atoms with Crippen molar-refractivity contribution in [3.05, 3.63) is 42.1 Å². The second-order valence-corrected chi connectivity index (χ2v) is 7.13. The zero-order valence-corrected chi connectivity index (χ0v) is 22.5. The molecule has 1 rings (SSSR count). The Morgan fingerprint density at radius 1 is 1.35 bits per heavy atom. The van der Waals surface area contributed by atoms with Gasteiger partial charge in [0.2, 0.25) is 6.09 Å². The summed E-state index contributed by atoms with van der Waals surface area (Å²) in [7, 11) is 1.64. The Balaban J connectivity index is -0.000000457. The van der Waals surface area contributed by atoms with Gasteiger partial charge in [0.25, 0.3) is 0 Å². The summed E-state index contributed by atoms with van der Waals surface area (Å²) in [6.45, 7) is 7.59. The van der Waals surface area contributed by atoms with E-state index in [0.29, 0.717) is 11.8 Å². The van der Waals surface area contributed by atoms with Crippen LogP contribution >= 0.6 is 23.5 Å². The van der Waals surface area contributed by atoms with Gasteiger partial charge in [-0.25, -0.2) is 6.54 Å². The number of halogens is 1. The van der Waals surface area contributed by atoms with Crippen molar-refractivity contribution in [3.63, 3.8) is 0 Å². The van der Waals surface area contributed by atoms with Crippen molar-refractivity contribution < 1.29 is 69.0 Å². The van der Waals surface area contributed by atoms with Crippen molar-refractivity contribution >= 4 is 29.6 Å². The minimum Gasteiger partial charge on any atom is -0.632 e. The second kappa shape index (κ2) is 17.6. The van der Waals surface area contributed by atoms with Gasteiger partial charge >= 0.3 is 31.1 Å². The molecule has 0 unspecified atom stereocenters. The standard InChI is InChI=1S/C11H15ClNO2S.C5H11NO2.U.V/c1-15-11-4-2-10(3-5-11)8-13(6-7-14)16-9-12;1-5(2,3)8-4(6)7;;/h2-6,14H,7-9H2,1H3;1-3H3,(H2,6,7);;/q-1;;+2;/p-1. The second-order valence-electron chi connectivity index (χ2n) is 5.53. The fourth-order valence-corrected chi connectivity index (χ4v) is 2.42. The van der Waals surface area contributed by atoms with Crippen LogP contribution in [0.1, 0.15) is 26.3 Å². The molecule has 0 aliphatic rings. The number of ether oxygens (including phenoxy) is 2. The molecule has 0 aliphatic carbocycles. The summed E-state index contributed by atoms with van der Waals surface area (Å²) < 4.78 is 11.5. The molecule has 10 heteroatoms. The molecule has 0 saturated carbocycles. The Morgan fingerprint density at radius 2 is 1.88 bits per heavy atom. The average molecular weight is 666 g/mol. The Bertz CT molecular complexity index is 472. The monoisotopic (exact) mass is 665 g/mol. The maximum Gasteiger partial charge on any atom is 2.00 e. The fourth-order valence-electron chi connectivity index (χ4n) is 1.51. The summed E-state index contributed by atoms with van der Waals surface area (Å²) in [4.78, 5) is 9.90. The number of nitrogens with zero attached hydrogens (tertiary/aromatic N) is 1. The predicted molar refractivity (Wildman–Crippen MR) is 98.8 cm³/mol. The van der Waals surface area contributed by atoms with Crippen LogP contribution in [0.2, 0.25) is 0 Å². The van der Waals surface area contributed by atoms with Crippen molar-refractivity contribution in [1.29, 1.82) is 0 Å². The predicted octanol–water partition coefficient (Wildman–Crippen LogP) is 4.47. The van der Waals surface area contributed by atoms with Crippen molar-refractivity contribution in [2.45, 2.75) is 32.9 Å². The molecule has 1 aromatic carbocycles. The molecule has 0 saturated heterocycles. The zero-order chi connectivity index (χ0) is 18.6. The van der Waals surface area contributed by atoms with Crippen LogP contribution in [-0.2, 0) is 29.8 Å². The number of aliphatic hydroxyl groups is 1. The smallest absolute Gasteiger partial charge is 0.632 e. The summed E-state index contributed by atoms with van der Waals surface area (Å²) in [5.74, 6) is 0.839. The van der Waals surface area contributed by atoms with E-state index < -0.39 is 11.7 Å². The van der Waals surface area contributed by atoms with Crippen LogP contribution in [0.3, 0.4) is 0 Å². The van der Waals surface area contributed by atoms with Gasteiger partial charge in [0.15, 0.2) is 0 Å². The first-order valence-corrected chi connectivity index (χ1v) is 8.66. The van der Waals surface area contributed by atoms with Crippen LogP contribution in [0.15, 0.2) is 24.3 Å². The average Bonchev–Trinajstić information content (AvgIpc) is 2.46. The van der Waals surface area contributed by atoms with Gasteiger partial charge < -0.3 is 24.6 Å². The molecule has 6 nitrogen and oxygen atoms in total. The van der Waals surface area contributed by atoms with E-state index >= 15 is 0 Å². The molecular formula is C16H25ClN2O4SUV. The number of hydrogen-bond acceptors (Lipinski definition) is 6. The number of hydrogen-bond donors (Lipinski definition) is 1. The molecule has 0 heterocycles. The van der Waals surface area contributed by atoms with E-state index in [-0.39, 0.29) is 56.3 Å². The topological polar surface area (TPSA) is 82.8 Å². The van der Waals surface area contributed by atoms with Gasteiger partial charge in [-0.1, -0.05) is 30.7 Å². The number of nitrogens with one attached hydrogen (secondary N) is 1. The Kier molecular flexibility index (Phi) is 21.1. The van der Waals surface area contributed by atoms with E-state index in [2.05, 4.69) is 4.74 Å². The van der Waals surface area contributed by atoms with Gasteiger partial charge in [-0.05, 0) is 38.5 Å². The summed E-state index contributed by atoms with van der Waals surface area (Å²) in [5.41, 5.74) is 7.00. The Hall–Kier alpha value is 0.486. The van der Waals surface area contributed by atoms with Crippen molar-refractivity contribution in [2.75, 3.05) is 18.9 Å². The largest absolute Gasteiger partial charge is 2.00 e. The summed E-state index contributed by atoms with van der Waals surface area (Å²) >= 11 is 7.10. The summed E-state index contributed by atoms with van der Waals surface area (Å²) in [6.07, 6.45) is -0.975. The van der Waals surface area contributed by atoms with Crippen molar-refractivity contribution in [3.8, 4) is 5.75 Å². The first kappa shape index (κ1) is 31.2. The minimum absolute atomic E-state index is 0.